The first-order chi connectivity index (χ1) is 15.0. The lowest BCUT2D eigenvalue weighted by molar-refractivity contribution is -0.158. The molecule has 1 unspecified atom stereocenters. The van der Waals surface area contributed by atoms with Crippen LogP contribution >= 0.6 is 0 Å². The standard InChI is InChI=1S/C26H38O5/c1-3-5-7-9-11-15-19-31-25(30)24(29)26(18-14-10-8-6-4-2)22(27)20-16-12-13-17-21(20)23(26)28/h12-13,16-17,24,29H,3-11,14-15,18-19H2,1-2H3. The molecule has 5 heteroatoms. The number of unbranched alkanes of at least 4 members (excludes halogenated alkanes) is 9. The molecule has 1 N–H and O–H groups in total. The third kappa shape index (κ3) is 6.03. The number of ether oxygens (including phenoxy) is 1. The molecule has 1 aliphatic rings. The van der Waals surface area contributed by atoms with Crippen molar-refractivity contribution in [2.75, 3.05) is 6.61 Å². The second-order valence-corrected chi connectivity index (χ2v) is 8.68. The van der Waals surface area contributed by atoms with Crippen LogP contribution in [-0.4, -0.2) is 35.4 Å². The van der Waals surface area contributed by atoms with Gasteiger partial charge in [0.05, 0.1) is 6.61 Å². The number of aliphatic hydroxyl groups is 1. The second kappa shape index (κ2) is 12.7. The predicted molar refractivity (Wildman–Crippen MR) is 121 cm³/mol. The summed E-state index contributed by atoms with van der Waals surface area (Å²) >= 11 is 0. The van der Waals surface area contributed by atoms with E-state index < -0.39 is 29.1 Å². The zero-order chi connectivity index (χ0) is 22.7. The summed E-state index contributed by atoms with van der Waals surface area (Å²) in [5.41, 5.74) is -1.17. The van der Waals surface area contributed by atoms with E-state index in [1.165, 1.54) is 12.8 Å². The molecular weight excluding hydrogens is 392 g/mol. The highest BCUT2D eigenvalue weighted by molar-refractivity contribution is 6.31. The van der Waals surface area contributed by atoms with Crippen molar-refractivity contribution in [3.05, 3.63) is 35.4 Å². The average molecular weight is 431 g/mol. The molecule has 0 spiro atoms. The van der Waals surface area contributed by atoms with Crippen molar-refractivity contribution in [3.8, 4) is 0 Å². The molecule has 0 amide bonds. The first-order valence-corrected chi connectivity index (χ1v) is 12.0. The monoisotopic (exact) mass is 430 g/mol. The molecule has 0 saturated carbocycles. The van der Waals surface area contributed by atoms with Crippen LogP contribution in [0.1, 0.15) is 112 Å². The number of rotatable bonds is 15. The molecule has 1 atom stereocenters. The normalized spacial score (nSPS) is 15.7. The van der Waals surface area contributed by atoms with Crippen molar-refractivity contribution < 1.29 is 24.2 Å². The molecule has 1 aromatic rings. The van der Waals surface area contributed by atoms with Crippen molar-refractivity contribution in [2.24, 2.45) is 5.41 Å². The lowest BCUT2D eigenvalue weighted by atomic mass is 9.73. The minimum atomic E-state index is -1.77. The summed E-state index contributed by atoms with van der Waals surface area (Å²) in [5.74, 6) is -1.77. The number of benzene rings is 1. The largest absolute Gasteiger partial charge is 0.464 e. The second-order valence-electron chi connectivity index (χ2n) is 8.68. The van der Waals surface area contributed by atoms with Gasteiger partial charge in [-0.25, -0.2) is 4.79 Å². The van der Waals surface area contributed by atoms with E-state index in [-0.39, 0.29) is 13.0 Å². The molecule has 0 bridgehead atoms. The third-order valence-electron chi connectivity index (χ3n) is 6.33. The Labute approximate surface area is 186 Å². The number of Topliss-reactive ketones (excluding diaryl/α,β-unsaturated/α-hetero) is 2. The molecule has 0 saturated heterocycles. The Bertz CT molecular complexity index is 704. The Hall–Kier alpha value is -2.01. The topological polar surface area (TPSA) is 80.7 Å². The molecule has 172 valence electrons. The van der Waals surface area contributed by atoms with Crippen LogP contribution in [0.2, 0.25) is 0 Å². The fourth-order valence-corrected chi connectivity index (χ4v) is 4.42. The van der Waals surface area contributed by atoms with E-state index in [1.54, 1.807) is 24.3 Å². The van der Waals surface area contributed by atoms with Crippen LogP contribution in [0, 0.1) is 5.41 Å². The quantitative estimate of drug-likeness (QED) is 0.220. The van der Waals surface area contributed by atoms with Gasteiger partial charge in [-0.2, -0.15) is 0 Å². The highest BCUT2D eigenvalue weighted by Crippen LogP contribution is 2.44. The number of hydrogen-bond donors (Lipinski definition) is 1. The van der Waals surface area contributed by atoms with Crippen LogP contribution in [0.15, 0.2) is 24.3 Å². The number of aliphatic hydroxyl groups excluding tert-OH is 1. The minimum absolute atomic E-state index is 0.163. The molecule has 1 aromatic carbocycles. The van der Waals surface area contributed by atoms with Crippen LogP contribution in [0.4, 0.5) is 0 Å². The maximum absolute atomic E-state index is 13.3. The van der Waals surface area contributed by atoms with Gasteiger partial charge >= 0.3 is 5.97 Å². The smallest absolute Gasteiger partial charge is 0.336 e. The van der Waals surface area contributed by atoms with Crippen molar-refractivity contribution in [1.29, 1.82) is 0 Å². The van der Waals surface area contributed by atoms with Gasteiger partial charge in [0.1, 0.15) is 5.41 Å². The maximum atomic E-state index is 13.3. The van der Waals surface area contributed by atoms with Gasteiger partial charge in [-0.15, -0.1) is 0 Å². The first-order valence-electron chi connectivity index (χ1n) is 12.0. The molecule has 0 radical (unpaired) electrons. The fourth-order valence-electron chi connectivity index (χ4n) is 4.42. The Kier molecular flexibility index (Phi) is 10.4. The molecule has 1 aliphatic carbocycles. The SMILES string of the molecule is CCCCCCCCOC(=O)C(O)C1(CCCCCCC)C(=O)c2ccccc2C1=O. The van der Waals surface area contributed by atoms with E-state index in [1.807, 2.05) is 0 Å². The third-order valence-corrected chi connectivity index (χ3v) is 6.33. The lowest BCUT2D eigenvalue weighted by Crippen LogP contribution is -2.49. The van der Waals surface area contributed by atoms with Crippen LogP contribution in [0.5, 0.6) is 0 Å². The number of fused-ring (bicyclic) bond motifs is 1. The fraction of sp³-hybridized carbons (Fsp3) is 0.654. The molecule has 0 heterocycles. The van der Waals surface area contributed by atoms with Crippen molar-refractivity contribution in [1.82, 2.24) is 0 Å². The zero-order valence-electron chi connectivity index (χ0n) is 19.2. The maximum Gasteiger partial charge on any atom is 0.336 e. The van der Waals surface area contributed by atoms with Gasteiger partial charge in [0.15, 0.2) is 17.7 Å². The van der Waals surface area contributed by atoms with E-state index in [0.29, 0.717) is 24.0 Å². The van der Waals surface area contributed by atoms with E-state index >= 15 is 0 Å². The molecule has 5 nitrogen and oxygen atoms in total. The van der Waals surface area contributed by atoms with Crippen molar-refractivity contribution >= 4 is 17.5 Å². The lowest BCUT2D eigenvalue weighted by Gasteiger charge is -2.29. The van der Waals surface area contributed by atoms with E-state index in [9.17, 15) is 19.5 Å². The van der Waals surface area contributed by atoms with Gasteiger partial charge in [-0.1, -0.05) is 102 Å². The molecular formula is C26H38O5. The number of carbonyl (C=O) groups excluding carboxylic acids is 3. The van der Waals surface area contributed by atoms with Gasteiger partial charge in [0, 0.05) is 11.1 Å². The van der Waals surface area contributed by atoms with E-state index in [4.69, 9.17) is 4.74 Å². The predicted octanol–water partition coefficient (Wildman–Crippen LogP) is 5.68. The Morgan fingerprint density at radius 2 is 1.32 bits per heavy atom. The van der Waals surface area contributed by atoms with E-state index in [0.717, 1.165) is 44.9 Å². The average Bonchev–Trinajstić information content (AvgIpc) is 3.00. The molecule has 0 fully saturated rings. The van der Waals surface area contributed by atoms with Crippen molar-refractivity contribution in [2.45, 2.75) is 97.0 Å². The van der Waals surface area contributed by atoms with Crippen LogP contribution in [-0.2, 0) is 9.53 Å². The molecule has 0 aromatic heterocycles. The van der Waals surface area contributed by atoms with Gasteiger partial charge < -0.3 is 9.84 Å². The number of ketones is 2. The van der Waals surface area contributed by atoms with Crippen LogP contribution < -0.4 is 0 Å². The Balaban J connectivity index is 2.06. The summed E-state index contributed by atoms with van der Waals surface area (Å²) < 4.78 is 5.29. The summed E-state index contributed by atoms with van der Waals surface area (Å²) in [5, 5.41) is 10.9. The highest BCUT2D eigenvalue weighted by atomic mass is 16.5. The molecule has 2 rings (SSSR count). The summed E-state index contributed by atoms with van der Waals surface area (Å²) in [6, 6.07) is 6.60. The minimum Gasteiger partial charge on any atom is -0.464 e. The van der Waals surface area contributed by atoms with E-state index in [2.05, 4.69) is 13.8 Å². The van der Waals surface area contributed by atoms with Gasteiger partial charge in [0.25, 0.3) is 0 Å². The van der Waals surface area contributed by atoms with Gasteiger partial charge in [-0.3, -0.25) is 9.59 Å². The highest BCUT2D eigenvalue weighted by Gasteiger charge is 2.59. The van der Waals surface area contributed by atoms with Crippen LogP contribution in [0.3, 0.4) is 0 Å². The van der Waals surface area contributed by atoms with Crippen molar-refractivity contribution in [3.63, 3.8) is 0 Å². The molecule has 31 heavy (non-hydrogen) atoms. The van der Waals surface area contributed by atoms with Crippen LogP contribution in [0.25, 0.3) is 0 Å². The summed E-state index contributed by atoms with van der Waals surface area (Å²) in [7, 11) is 0. The molecule has 0 aliphatic heterocycles. The number of esters is 1. The van der Waals surface area contributed by atoms with Gasteiger partial charge in [-0.05, 0) is 12.8 Å². The summed E-state index contributed by atoms with van der Waals surface area (Å²) in [4.78, 5) is 39.2. The first kappa shape index (κ1) is 25.3. The van der Waals surface area contributed by atoms with Gasteiger partial charge in [0.2, 0.25) is 0 Å². The zero-order valence-corrected chi connectivity index (χ0v) is 19.2. The summed E-state index contributed by atoms with van der Waals surface area (Å²) in [6.45, 7) is 4.47. The number of carbonyl (C=O) groups is 3. The summed E-state index contributed by atoms with van der Waals surface area (Å²) in [6.07, 6.45) is 9.30. The number of hydrogen-bond acceptors (Lipinski definition) is 5. The Morgan fingerprint density at radius 1 is 0.839 bits per heavy atom. The Morgan fingerprint density at radius 3 is 1.87 bits per heavy atom.